The zero-order valence-electron chi connectivity index (χ0n) is 20.6. The Balaban J connectivity index is 0.000000280. The predicted octanol–water partition coefficient (Wildman–Crippen LogP) is 3.77. The van der Waals surface area contributed by atoms with Gasteiger partial charge in [-0.1, -0.05) is 31.7 Å². The van der Waals surface area contributed by atoms with Gasteiger partial charge in [-0.05, 0) is 60.7 Å². The van der Waals surface area contributed by atoms with Crippen molar-refractivity contribution in [3.63, 3.8) is 0 Å². The number of rotatable bonds is 6. The number of para-hydroxylation sites is 2. The minimum Gasteiger partial charge on any atom is -0.507 e. The second kappa shape index (κ2) is 14.8. The van der Waals surface area contributed by atoms with Crippen molar-refractivity contribution in [2.75, 3.05) is 0 Å². The molecule has 0 bridgehead atoms. The van der Waals surface area contributed by atoms with Crippen LogP contribution in [0.3, 0.4) is 0 Å². The van der Waals surface area contributed by atoms with E-state index in [1.54, 1.807) is 36.4 Å². The number of carbonyl (C=O) groups is 2. The Kier molecular flexibility index (Phi) is 11.2. The predicted molar refractivity (Wildman–Crippen MR) is 153 cm³/mol. The van der Waals surface area contributed by atoms with Crippen LogP contribution in [0.5, 0.6) is 34.5 Å². The first kappa shape index (κ1) is 31.2. The highest BCUT2D eigenvalue weighted by molar-refractivity contribution is 5.96. The van der Waals surface area contributed by atoms with Crippen molar-refractivity contribution in [1.29, 1.82) is 0 Å². The fraction of sp³-hybridized carbons (Fsp3) is 0.0345. The summed E-state index contributed by atoms with van der Waals surface area (Å²) in [6.07, 6.45) is 2.60. The summed E-state index contributed by atoms with van der Waals surface area (Å²) in [6.45, 7) is 0. The summed E-state index contributed by atoms with van der Waals surface area (Å²) in [4.78, 5) is 23.4. The van der Waals surface area contributed by atoms with E-state index in [9.17, 15) is 30.0 Å². The van der Waals surface area contributed by atoms with Crippen LogP contribution in [0.25, 0.3) is 0 Å². The molecular weight excluding hydrogens is 532 g/mol. The van der Waals surface area contributed by atoms with Crippen molar-refractivity contribution in [2.24, 2.45) is 10.2 Å². The van der Waals surface area contributed by atoms with E-state index in [0.29, 0.717) is 11.1 Å². The molecule has 0 spiro atoms. The van der Waals surface area contributed by atoms with E-state index in [2.05, 4.69) is 21.1 Å². The van der Waals surface area contributed by atoms with Gasteiger partial charge in [0.2, 0.25) is 0 Å². The number of hydrogen-bond donors (Lipinski definition) is 8. The highest BCUT2D eigenvalue weighted by Gasteiger charge is 2.09. The maximum atomic E-state index is 11.7. The van der Waals surface area contributed by atoms with Gasteiger partial charge in [0, 0.05) is 22.3 Å². The average Bonchev–Trinajstić information content (AvgIpc) is 2.94. The van der Waals surface area contributed by atoms with Crippen LogP contribution >= 0.6 is 0 Å². The minimum atomic E-state index is -0.549. The van der Waals surface area contributed by atoms with Gasteiger partial charge < -0.3 is 30.6 Å². The molecule has 0 aliphatic carbocycles. The molecule has 0 saturated carbocycles. The van der Waals surface area contributed by atoms with Crippen LogP contribution in [-0.2, 0) is 0 Å². The normalized spacial score (nSPS) is 10.3. The third-order valence-corrected chi connectivity index (χ3v) is 5.09. The maximum Gasteiger partial charge on any atom is 0.271 e. The summed E-state index contributed by atoms with van der Waals surface area (Å²) < 4.78 is 0. The van der Waals surface area contributed by atoms with E-state index >= 15 is 0 Å². The Labute approximate surface area is 234 Å². The summed E-state index contributed by atoms with van der Waals surface area (Å²) in [5.41, 5.74) is 5.71. The molecule has 0 heterocycles. The van der Waals surface area contributed by atoms with Gasteiger partial charge in [0.05, 0.1) is 12.4 Å². The lowest BCUT2D eigenvalue weighted by Gasteiger charge is -2.02. The molecule has 4 rings (SSSR count). The number of phenols is 6. The highest BCUT2D eigenvalue weighted by Crippen LogP contribution is 2.25. The van der Waals surface area contributed by atoms with Crippen molar-refractivity contribution in [1.82, 2.24) is 10.9 Å². The molecule has 0 radical (unpaired) electrons. The fourth-order valence-corrected chi connectivity index (χ4v) is 2.97. The number of nitrogens with one attached hydrogen (secondary N) is 2. The van der Waals surface area contributed by atoms with Gasteiger partial charge in [0.25, 0.3) is 11.8 Å². The molecule has 0 unspecified atom stereocenters. The van der Waals surface area contributed by atoms with Gasteiger partial charge in [-0.3, -0.25) is 9.59 Å². The highest BCUT2D eigenvalue weighted by atomic mass is 16.3. The molecule has 4 aromatic rings. The van der Waals surface area contributed by atoms with Gasteiger partial charge in [-0.15, -0.1) is 0 Å². The Bertz CT molecular complexity index is 1450. The molecule has 0 aromatic heterocycles. The number of aromatic hydroxyl groups is 6. The summed E-state index contributed by atoms with van der Waals surface area (Å²) >= 11 is 0. The molecule has 4 aromatic carbocycles. The number of hydrogen-bond acceptors (Lipinski definition) is 10. The lowest BCUT2D eigenvalue weighted by molar-refractivity contribution is 0.0946. The second-order valence-electron chi connectivity index (χ2n) is 7.92. The van der Waals surface area contributed by atoms with Crippen molar-refractivity contribution < 1.29 is 40.2 Å². The van der Waals surface area contributed by atoms with E-state index in [-0.39, 0.29) is 53.1 Å². The molecule has 12 heteroatoms. The van der Waals surface area contributed by atoms with Gasteiger partial charge >= 0.3 is 0 Å². The summed E-state index contributed by atoms with van der Waals surface area (Å²) in [6, 6.07) is 20.4. The first-order valence-corrected chi connectivity index (χ1v) is 11.4. The molecule has 0 atom stereocenters. The topological polar surface area (TPSA) is 204 Å². The molecule has 0 saturated heterocycles. The second-order valence-corrected chi connectivity index (χ2v) is 7.92. The van der Waals surface area contributed by atoms with E-state index in [1.807, 2.05) is 0 Å². The number of phenolic OH excluding ortho intramolecular Hbond substituents is 6. The van der Waals surface area contributed by atoms with Crippen molar-refractivity contribution in [3.8, 4) is 34.5 Å². The SMILES string of the molecule is C.O=C(N/N=C/c1ccccc1O)c1ccc(O)c(O)c1.O=C(N/N=C/c1ccccc1O)c1ccc(O)c(O)c1. The van der Waals surface area contributed by atoms with E-state index in [0.717, 1.165) is 12.1 Å². The smallest absolute Gasteiger partial charge is 0.271 e. The van der Waals surface area contributed by atoms with Gasteiger partial charge in [0.15, 0.2) is 23.0 Å². The third kappa shape index (κ3) is 9.04. The largest absolute Gasteiger partial charge is 0.507 e. The zero-order valence-corrected chi connectivity index (χ0v) is 20.6. The third-order valence-electron chi connectivity index (χ3n) is 5.09. The van der Waals surface area contributed by atoms with Crippen molar-refractivity contribution >= 4 is 24.2 Å². The Morgan fingerprint density at radius 1 is 0.512 bits per heavy atom. The van der Waals surface area contributed by atoms with Gasteiger partial charge in [-0.2, -0.15) is 10.2 Å². The molecular formula is C29H28N4O8. The molecule has 0 fully saturated rings. The molecule has 8 N–H and O–H groups in total. The van der Waals surface area contributed by atoms with E-state index < -0.39 is 11.8 Å². The van der Waals surface area contributed by atoms with Crippen LogP contribution in [0.2, 0.25) is 0 Å². The van der Waals surface area contributed by atoms with Gasteiger partial charge in [0.1, 0.15) is 11.5 Å². The van der Waals surface area contributed by atoms with Gasteiger partial charge in [-0.25, -0.2) is 10.9 Å². The maximum absolute atomic E-state index is 11.7. The average molecular weight is 561 g/mol. The first-order valence-electron chi connectivity index (χ1n) is 11.4. The Morgan fingerprint density at radius 2 is 0.878 bits per heavy atom. The van der Waals surface area contributed by atoms with Crippen LogP contribution < -0.4 is 10.9 Å². The molecule has 2 amide bonds. The lowest BCUT2D eigenvalue weighted by Crippen LogP contribution is -2.17. The van der Waals surface area contributed by atoms with E-state index in [4.69, 9.17) is 10.2 Å². The van der Waals surface area contributed by atoms with Crippen molar-refractivity contribution in [2.45, 2.75) is 7.43 Å². The molecule has 0 aliphatic heterocycles. The Morgan fingerprint density at radius 3 is 1.22 bits per heavy atom. The molecule has 12 nitrogen and oxygen atoms in total. The zero-order chi connectivity index (χ0) is 29.1. The lowest BCUT2D eigenvalue weighted by atomic mass is 10.2. The Hall–Kier alpha value is -6.04. The van der Waals surface area contributed by atoms with Crippen LogP contribution in [-0.4, -0.2) is 54.9 Å². The summed E-state index contributed by atoms with van der Waals surface area (Å²) in [5, 5.41) is 63.3. The number of benzene rings is 4. The van der Waals surface area contributed by atoms with Crippen LogP contribution in [0, 0.1) is 0 Å². The molecule has 41 heavy (non-hydrogen) atoms. The van der Waals surface area contributed by atoms with E-state index in [1.165, 1.54) is 48.8 Å². The summed E-state index contributed by atoms with van der Waals surface area (Å²) in [7, 11) is 0. The number of carbonyl (C=O) groups excluding carboxylic acids is 2. The summed E-state index contributed by atoms with van der Waals surface area (Å²) in [5.74, 6) is -2.39. The molecule has 0 aliphatic rings. The fourth-order valence-electron chi connectivity index (χ4n) is 2.97. The van der Waals surface area contributed by atoms with Crippen LogP contribution in [0.1, 0.15) is 39.3 Å². The minimum absolute atomic E-state index is 0. The standard InChI is InChI=1S/2C14H12N2O4.CH4/c2*17-11-4-2-1-3-10(11)8-15-16-14(20)9-5-6-12(18)13(19)7-9;/h2*1-8,17-19H,(H,16,20);1H4/b2*15-8+;. The number of hydrazone groups is 2. The quantitative estimate of drug-likeness (QED) is 0.0987. The number of amides is 2. The number of nitrogens with zero attached hydrogens (tertiary/aromatic N) is 2. The molecule has 212 valence electrons. The van der Waals surface area contributed by atoms with Crippen LogP contribution in [0.15, 0.2) is 95.1 Å². The van der Waals surface area contributed by atoms with Crippen LogP contribution in [0.4, 0.5) is 0 Å². The first-order chi connectivity index (χ1) is 19.2. The monoisotopic (exact) mass is 560 g/mol. The van der Waals surface area contributed by atoms with Crippen molar-refractivity contribution in [3.05, 3.63) is 107 Å².